The van der Waals surface area contributed by atoms with E-state index in [0.29, 0.717) is 13.0 Å². The molecule has 3 heteroatoms. The molecule has 0 fully saturated rings. The van der Waals surface area contributed by atoms with Gasteiger partial charge in [-0.05, 0) is 37.6 Å². The van der Waals surface area contributed by atoms with E-state index >= 15 is 0 Å². The summed E-state index contributed by atoms with van der Waals surface area (Å²) in [5, 5.41) is 13.5. The zero-order chi connectivity index (χ0) is 12.0. The van der Waals surface area contributed by atoms with E-state index in [4.69, 9.17) is 0 Å². The Balaban J connectivity index is 2.51. The third kappa shape index (κ3) is 5.10. The van der Waals surface area contributed by atoms with E-state index in [1.165, 1.54) is 0 Å². The standard InChI is InChI=1S/C13H20BrNO/c1-3-7-15-10-13(2,16)9-11-5-4-6-12(14)8-11/h4-6,8,15-16H,3,7,9-10H2,1-2H3. The molecule has 0 aliphatic carbocycles. The minimum absolute atomic E-state index is 0.632. The summed E-state index contributed by atoms with van der Waals surface area (Å²) in [4.78, 5) is 0. The molecule has 0 aliphatic rings. The molecule has 1 atom stereocenters. The SMILES string of the molecule is CCCNCC(C)(O)Cc1cccc(Br)c1. The number of rotatable bonds is 6. The summed E-state index contributed by atoms with van der Waals surface area (Å²) in [6.45, 7) is 5.58. The highest BCUT2D eigenvalue weighted by Gasteiger charge is 2.20. The van der Waals surface area contributed by atoms with Crippen LogP contribution in [0.1, 0.15) is 25.8 Å². The van der Waals surface area contributed by atoms with Crippen molar-refractivity contribution < 1.29 is 5.11 Å². The van der Waals surface area contributed by atoms with Crippen LogP contribution in [-0.4, -0.2) is 23.8 Å². The van der Waals surface area contributed by atoms with Gasteiger partial charge >= 0.3 is 0 Å². The molecule has 0 aliphatic heterocycles. The predicted octanol–water partition coefficient (Wildman–Crippen LogP) is 2.74. The largest absolute Gasteiger partial charge is 0.389 e. The molecule has 0 amide bonds. The molecule has 90 valence electrons. The van der Waals surface area contributed by atoms with Crippen LogP contribution >= 0.6 is 15.9 Å². The van der Waals surface area contributed by atoms with Gasteiger partial charge in [0.15, 0.2) is 0 Å². The zero-order valence-electron chi connectivity index (χ0n) is 9.96. The molecule has 2 N–H and O–H groups in total. The van der Waals surface area contributed by atoms with Crippen molar-refractivity contribution in [2.24, 2.45) is 0 Å². The van der Waals surface area contributed by atoms with Crippen LogP contribution in [0.4, 0.5) is 0 Å². The number of aliphatic hydroxyl groups is 1. The molecule has 1 unspecified atom stereocenters. The molecule has 1 rings (SSSR count). The summed E-state index contributed by atoms with van der Waals surface area (Å²) >= 11 is 3.44. The minimum Gasteiger partial charge on any atom is -0.389 e. The Hall–Kier alpha value is -0.380. The van der Waals surface area contributed by atoms with Crippen molar-refractivity contribution in [3.63, 3.8) is 0 Å². The lowest BCUT2D eigenvalue weighted by Gasteiger charge is -2.24. The second-order valence-electron chi connectivity index (χ2n) is 4.48. The summed E-state index contributed by atoms with van der Waals surface area (Å²) in [7, 11) is 0. The van der Waals surface area contributed by atoms with Gasteiger partial charge in [-0.25, -0.2) is 0 Å². The van der Waals surface area contributed by atoms with Gasteiger partial charge in [0.2, 0.25) is 0 Å². The first kappa shape index (κ1) is 13.7. The molecule has 0 spiro atoms. The van der Waals surface area contributed by atoms with Crippen LogP contribution < -0.4 is 5.32 Å². The maximum Gasteiger partial charge on any atom is 0.0783 e. The van der Waals surface area contributed by atoms with Crippen molar-refractivity contribution in [2.75, 3.05) is 13.1 Å². The van der Waals surface area contributed by atoms with Gasteiger partial charge in [-0.15, -0.1) is 0 Å². The van der Waals surface area contributed by atoms with Gasteiger partial charge in [-0.2, -0.15) is 0 Å². The van der Waals surface area contributed by atoms with Crippen LogP contribution in [0.15, 0.2) is 28.7 Å². The Morgan fingerprint density at radius 1 is 1.44 bits per heavy atom. The van der Waals surface area contributed by atoms with Crippen molar-refractivity contribution in [2.45, 2.75) is 32.3 Å². The Bertz CT molecular complexity index is 325. The molecule has 1 aromatic carbocycles. The predicted molar refractivity (Wildman–Crippen MR) is 71.6 cm³/mol. The molecule has 0 saturated heterocycles. The van der Waals surface area contributed by atoms with Gasteiger partial charge in [0, 0.05) is 17.4 Å². The van der Waals surface area contributed by atoms with E-state index in [-0.39, 0.29) is 0 Å². The maximum atomic E-state index is 10.2. The van der Waals surface area contributed by atoms with E-state index < -0.39 is 5.60 Å². The fraction of sp³-hybridized carbons (Fsp3) is 0.538. The monoisotopic (exact) mass is 285 g/mol. The van der Waals surface area contributed by atoms with Gasteiger partial charge in [0.1, 0.15) is 0 Å². The van der Waals surface area contributed by atoms with Crippen LogP contribution in [0.2, 0.25) is 0 Å². The van der Waals surface area contributed by atoms with Crippen molar-refractivity contribution >= 4 is 15.9 Å². The number of nitrogens with one attached hydrogen (secondary N) is 1. The molecular formula is C13H20BrNO. The van der Waals surface area contributed by atoms with Gasteiger partial charge in [-0.3, -0.25) is 0 Å². The summed E-state index contributed by atoms with van der Waals surface area (Å²) < 4.78 is 1.06. The second-order valence-corrected chi connectivity index (χ2v) is 5.40. The van der Waals surface area contributed by atoms with E-state index in [1.807, 2.05) is 31.2 Å². The highest BCUT2D eigenvalue weighted by Crippen LogP contribution is 2.17. The smallest absolute Gasteiger partial charge is 0.0783 e. The molecule has 0 radical (unpaired) electrons. The van der Waals surface area contributed by atoms with Crippen molar-refractivity contribution in [3.05, 3.63) is 34.3 Å². The first-order valence-corrected chi connectivity index (χ1v) is 6.50. The Morgan fingerprint density at radius 3 is 2.81 bits per heavy atom. The minimum atomic E-state index is -0.685. The molecule has 0 heterocycles. The van der Waals surface area contributed by atoms with Gasteiger partial charge < -0.3 is 10.4 Å². The van der Waals surface area contributed by atoms with Crippen LogP contribution in [0, 0.1) is 0 Å². The Labute approximate surface area is 106 Å². The maximum absolute atomic E-state index is 10.2. The van der Waals surface area contributed by atoms with Gasteiger partial charge in [0.25, 0.3) is 0 Å². The summed E-state index contributed by atoms with van der Waals surface area (Å²) in [6.07, 6.45) is 1.76. The zero-order valence-corrected chi connectivity index (χ0v) is 11.5. The van der Waals surface area contributed by atoms with E-state index in [2.05, 4.69) is 28.2 Å². The normalized spacial score (nSPS) is 14.8. The van der Waals surface area contributed by atoms with Gasteiger partial charge in [-0.1, -0.05) is 35.0 Å². The number of halogens is 1. The number of hydrogen-bond donors (Lipinski definition) is 2. The Kier molecular flexibility index (Phi) is 5.46. The fourth-order valence-corrected chi connectivity index (χ4v) is 2.13. The first-order valence-electron chi connectivity index (χ1n) is 5.71. The summed E-state index contributed by atoms with van der Waals surface area (Å²) in [5.41, 5.74) is 0.466. The topological polar surface area (TPSA) is 32.3 Å². The number of benzene rings is 1. The average molecular weight is 286 g/mol. The van der Waals surface area contributed by atoms with E-state index in [9.17, 15) is 5.11 Å². The highest BCUT2D eigenvalue weighted by molar-refractivity contribution is 9.10. The number of hydrogen-bond acceptors (Lipinski definition) is 2. The quantitative estimate of drug-likeness (QED) is 0.788. The highest BCUT2D eigenvalue weighted by atomic mass is 79.9. The third-order valence-electron chi connectivity index (χ3n) is 2.41. The van der Waals surface area contributed by atoms with Gasteiger partial charge in [0.05, 0.1) is 5.60 Å². The first-order chi connectivity index (χ1) is 7.53. The molecule has 16 heavy (non-hydrogen) atoms. The molecule has 0 saturated carbocycles. The van der Waals surface area contributed by atoms with Crippen LogP contribution in [-0.2, 0) is 6.42 Å². The van der Waals surface area contributed by atoms with Crippen LogP contribution in [0.25, 0.3) is 0 Å². The van der Waals surface area contributed by atoms with Crippen LogP contribution in [0.5, 0.6) is 0 Å². The molecule has 0 aromatic heterocycles. The Morgan fingerprint density at radius 2 is 2.19 bits per heavy atom. The molecular weight excluding hydrogens is 266 g/mol. The van der Waals surface area contributed by atoms with Crippen molar-refractivity contribution in [1.29, 1.82) is 0 Å². The van der Waals surface area contributed by atoms with Crippen molar-refractivity contribution in [3.8, 4) is 0 Å². The van der Waals surface area contributed by atoms with Crippen molar-refractivity contribution in [1.82, 2.24) is 5.32 Å². The van der Waals surface area contributed by atoms with E-state index in [0.717, 1.165) is 23.0 Å². The fourth-order valence-electron chi connectivity index (χ4n) is 1.68. The lowest BCUT2D eigenvalue weighted by molar-refractivity contribution is 0.0603. The third-order valence-corrected chi connectivity index (χ3v) is 2.90. The van der Waals surface area contributed by atoms with Crippen LogP contribution in [0.3, 0.4) is 0 Å². The molecule has 1 aromatic rings. The van der Waals surface area contributed by atoms with E-state index in [1.54, 1.807) is 0 Å². The lowest BCUT2D eigenvalue weighted by atomic mass is 9.96. The molecule has 2 nitrogen and oxygen atoms in total. The summed E-state index contributed by atoms with van der Waals surface area (Å²) in [5.74, 6) is 0. The molecule has 0 bridgehead atoms. The lowest BCUT2D eigenvalue weighted by Crippen LogP contribution is -2.39. The summed E-state index contributed by atoms with van der Waals surface area (Å²) in [6, 6.07) is 8.08. The average Bonchev–Trinajstić information content (AvgIpc) is 2.17. The second kappa shape index (κ2) is 6.38.